The maximum Gasteiger partial charge on any atom is 0.291 e. The van der Waals surface area contributed by atoms with Crippen LogP contribution >= 0.6 is 27.3 Å². The molecular weight excluding hydrogens is 278 g/mol. The quantitative estimate of drug-likeness (QED) is 0.849. The molecule has 8 heteroatoms. The summed E-state index contributed by atoms with van der Waals surface area (Å²) in [6, 6.07) is 1.68. The van der Waals surface area contributed by atoms with Crippen LogP contribution in [0, 0.1) is 0 Å². The first-order valence-corrected chi connectivity index (χ1v) is 5.11. The van der Waals surface area contributed by atoms with Crippen molar-refractivity contribution >= 4 is 27.3 Å². The zero-order valence-corrected chi connectivity index (χ0v) is 8.97. The Bertz CT molecular complexity index is 440. The van der Waals surface area contributed by atoms with Gasteiger partial charge in [0.2, 0.25) is 5.13 Å². The zero-order chi connectivity index (χ0) is 10.1. The molecule has 0 radical (unpaired) electrons. The maximum atomic E-state index is 12.2. The van der Waals surface area contributed by atoms with Gasteiger partial charge < -0.3 is 0 Å². The number of rotatable bonds is 2. The molecule has 0 unspecified atom stereocenters. The average molecular weight is 281 g/mol. The molecule has 0 bridgehead atoms. The molecule has 0 amide bonds. The van der Waals surface area contributed by atoms with Gasteiger partial charge >= 0.3 is 0 Å². The lowest BCUT2D eigenvalue weighted by atomic mass is 10.8. The minimum Gasteiger partial charge on any atom is -0.211 e. The molecule has 0 aliphatic carbocycles. The first kappa shape index (κ1) is 9.66. The second kappa shape index (κ2) is 3.70. The average Bonchev–Trinajstić information content (AvgIpc) is 2.70. The summed E-state index contributed by atoms with van der Waals surface area (Å²) >= 11 is 3.96. The molecule has 0 saturated carbocycles. The zero-order valence-electron chi connectivity index (χ0n) is 6.56. The van der Waals surface area contributed by atoms with Crippen molar-refractivity contribution in [3.8, 4) is 5.13 Å². The number of hydrogen-bond donors (Lipinski definition) is 0. The Morgan fingerprint density at radius 2 is 2.21 bits per heavy atom. The highest BCUT2D eigenvalue weighted by molar-refractivity contribution is 9.10. The van der Waals surface area contributed by atoms with E-state index in [9.17, 15) is 8.78 Å². The fraction of sp³-hybridized carbons (Fsp3) is 0.167. The van der Waals surface area contributed by atoms with Crippen molar-refractivity contribution in [3.05, 3.63) is 21.9 Å². The number of halogens is 3. The molecule has 74 valence electrons. The first-order valence-electron chi connectivity index (χ1n) is 3.50. The lowest BCUT2D eigenvalue weighted by Gasteiger charge is -1.90. The summed E-state index contributed by atoms with van der Waals surface area (Å²) in [6.45, 7) is 0. The highest BCUT2D eigenvalue weighted by Crippen LogP contribution is 2.24. The summed E-state index contributed by atoms with van der Waals surface area (Å²) in [5.41, 5.74) is 0. The molecule has 2 aromatic rings. The second-order valence-electron chi connectivity index (χ2n) is 2.31. The Hall–Kier alpha value is -0.890. The molecule has 0 atom stereocenters. The topological polar surface area (TPSA) is 43.6 Å². The third-order valence-electron chi connectivity index (χ3n) is 1.37. The lowest BCUT2D eigenvalue weighted by Crippen LogP contribution is -1.92. The molecule has 14 heavy (non-hydrogen) atoms. The second-order valence-corrected chi connectivity index (χ2v) is 4.11. The third-order valence-corrected chi connectivity index (χ3v) is 2.71. The van der Waals surface area contributed by atoms with Crippen molar-refractivity contribution < 1.29 is 8.78 Å². The van der Waals surface area contributed by atoms with Gasteiger partial charge in [0.05, 0.1) is 0 Å². The summed E-state index contributed by atoms with van der Waals surface area (Å²) in [4.78, 5) is 0. The smallest absolute Gasteiger partial charge is 0.211 e. The Balaban J connectivity index is 2.33. The number of hydrogen-bond acceptors (Lipinski definition) is 4. The Labute approximate surface area is 89.7 Å². The normalized spacial score (nSPS) is 11.1. The highest BCUT2D eigenvalue weighted by Gasteiger charge is 2.15. The van der Waals surface area contributed by atoms with Gasteiger partial charge in [-0.3, -0.25) is 0 Å². The van der Waals surface area contributed by atoms with Crippen molar-refractivity contribution in [2.45, 2.75) is 6.43 Å². The van der Waals surface area contributed by atoms with Gasteiger partial charge in [0.1, 0.15) is 4.60 Å². The third kappa shape index (κ3) is 1.80. The van der Waals surface area contributed by atoms with Crippen molar-refractivity contribution in [1.29, 1.82) is 0 Å². The molecule has 0 fully saturated rings. The van der Waals surface area contributed by atoms with E-state index < -0.39 is 6.43 Å². The van der Waals surface area contributed by atoms with Gasteiger partial charge in [0.25, 0.3) is 6.43 Å². The van der Waals surface area contributed by atoms with Gasteiger partial charge in [-0.25, -0.2) is 13.5 Å². The predicted molar refractivity (Wildman–Crippen MR) is 49.7 cm³/mol. The van der Waals surface area contributed by atoms with Gasteiger partial charge in [-0.2, -0.15) is 5.10 Å². The van der Waals surface area contributed by atoms with Gasteiger partial charge in [-0.1, -0.05) is 11.3 Å². The summed E-state index contributed by atoms with van der Waals surface area (Å²) in [6.07, 6.45) is -0.972. The molecule has 0 aliphatic rings. The van der Waals surface area contributed by atoms with E-state index in [1.807, 2.05) is 0 Å². The molecule has 2 rings (SSSR count). The SMILES string of the molecule is FC(F)c1nnc(-n2ccc(Br)n2)s1. The highest BCUT2D eigenvalue weighted by atomic mass is 79.9. The van der Waals surface area contributed by atoms with Crippen LogP contribution in [0.4, 0.5) is 8.78 Å². The van der Waals surface area contributed by atoms with Crippen LogP contribution in [-0.4, -0.2) is 20.0 Å². The van der Waals surface area contributed by atoms with Crippen LogP contribution in [0.2, 0.25) is 0 Å². The van der Waals surface area contributed by atoms with E-state index >= 15 is 0 Å². The van der Waals surface area contributed by atoms with Crippen LogP contribution in [0.25, 0.3) is 5.13 Å². The van der Waals surface area contributed by atoms with Gasteiger partial charge in [0, 0.05) is 6.20 Å². The fourth-order valence-electron chi connectivity index (χ4n) is 0.815. The molecular formula is C6H3BrF2N4S. The number of alkyl halides is 2. The van der Waals surface area contributed by atoms with Crippen LogP contribution < -0.4 is 0 Å². The Morgan fingerprint density at radius 1 is 1.43 bits per heavy atom. The molecule has 0 aromatic carbocycles. The minimum atomic E-state index is -2.58. The van der Waals surface area contributed by atoms with Crippen LogP contribution in [-0.2, 0) is 0 Å². The number of aromatic nitrogens is 4. The van der Waals surface area contributed by atoms with Gasteiger partial charge in [-0.15, -0.1) is 10.2 Å². The standard InChI is InChI=1S/C6H3BrF2N4S/c7-3-1-2-13(12-3)6-11-10-5(14-6)4(8)9/h1-2,4H. The van der Waals surface area contributed by atoms with Crippen molar-refractivity contribution in [2.75, 3.05) is 0 Å². The minimum absolute atomic E-state index is 0.299. The molecule has 0 N–H and O–H groups in total. The summed E-state index contributed by atoms with van der Waals surface area (Å²) in [5.74, 6) is 0. The molecule has 0 saturated heterocycles. The van der Waals surface area contributed by atoms with E-state index in [0.717, 1.165) is 11.3 Å². The fourth-order valence-corrected chi connectivity index (χ4v) is 1.74. The van der Waals surface area contributed by atoms with E-state index in [0.29, 0.717) is 9.73 Å². The van der Waals surface area contributed by atoms with Crippen LogP contribution in [0.15, 0.2) is 16.9 Å². The van der Waals surface area contributed by atoms with Gasteiger partial charge in [0.15, 0.2) is 5.01 Å². The van der Waals surface area contributed by atoms with Gasteiger partial charge in [-0.05, 0) is 22.0 Å². The summed E-state index contributed by atoms with van der Waals surface area (Å²) in [5, 5.41) is 10.9. The van der Waals surface area contributed by atoms with E-state index in [2.05, 4.69) is 31.2 Å². The molecule has 2 heterocycles. The molecule has 4 nitrogen and oxygen atoms in total. The molecule has 2 aromatic heterocycles. The maximum absolute atomic E-state index is 12.2. The summed E-state index contributed by atoms with van der Waals surface area (Å²) in [7, 11) is 0. The summed E-state index contributed by atoms with van der Waals surface area (Å²) < 4.78 is 26.3. The van der Waals surface area contributed by atoms with E-state index in [1.165, 1.54) is 4.68 Å². The van der Waals surface area contributed by atoms with Crippen molar-refractivity contribution in [1.82, 2.24) is 20.0 Å². The van der Waals surface area contributed by atoms with Crippen molar-refractivity contribution in [2.24, 2.45) is 0 Å². The van der Waals surface area contributed by atoms with E-state index in [1.54, 1.807) is 12.3 Å². The molecule has 0 aliphatic heterocycles. The monoisotopic (exact) mass is 280 g/mol. The largest absolute Gasteiger partial charge is 0.291 e. The molecule has 0 spiro atoms. The first-order chi connectivity index (χ1) is 6.66. The van der Waals surface area contributed by atoms with E-state index in [4.69, 9.17) is 0 Å². The Kier molecular flexibility index (Phi) is 2.55. The van der Waals surface area contributed by atoms with E-state index in [-0.39, 0.29) is 5.01 Å². The van der Waals surface area contributed by atoms with Crippen LogP contribution in [0.5, 0.6) is 0 Å². The lowest BCUT2D eigenvalue weighted by molar-refractivity contribution is 0.150. The van der Waals surface area contributed by atoms with Crippen LogP contribution in [0.1, 0.15) is 11.4 Å². The number of nitrogens with zero attached hydrogens (tertiary/aromatic N) is 4. The predicted octanol–water partition coefficient (Wildman–Crippen LogP) is 2.42. The Morgan fingerprint density at radius 3 is 2.71 bits per heavy atom. The van der Waals surface area contributed by atoms with Crippen LogP contribution in [0.3, 0.4) is 0 Å². The van der Waals surface area contributed by atoms with Crippen molar-refractivity contribution in [3.63, 3.8) is 0 Å².